The van der Waals surface area contributed by atoms with E-state index in [2.05, 4.69) is 37.8 Å². The molecule has 31 heteroatoms. The highest BCUT2D eigenvalue weighted by atomic mass is 35.5. The van der Waals surface area contributed by atoms with Gasteiger partial charge in [-0.2, -0.15) is 4.79 Å². The fraction of sp³-hybridized carbons (Fsp3) is 0.360. The Balaban J connectivity index is 0.000000210. The lowest BCUT2D eigenvalue weighted by Gasteiger charge is -2.37. The lowest BCUT2D eigenvalue weighted by atomic mass is 9.97. The van der Waals surface area contributed by atoms with Crippen LogP contribution in [-0.2, 0) is 56.8 Å². The van der Waals surface area contributed by atoms with Crippen molar-refractivity contribution in [1.82, 2.24) is 23.9 Å². The van der Waals surface area contributed by atoms with Crippen LogP contribution in [0.1, 0.15) is 128 Å². The number of benzene rings is 4. The van der Waals surface area contributed by atoms with Crippen LogP contribution < -0.4 is 21.3 Å². The quantitative estimate of drug-likeness (QED) is 0.0216. The number of aliphatic imine (C=N–C) groups is 1. The molecule has 5 atom stereocenters. The Kier molecular flexibility index (Phi) is 25.0. The lowest BCUT2D eigenvalue weighted by molar-refractivity contribution is -0.377. The van der Waals surface area contributed by atoms with E-state index < -0.39 is 48.3 Å². The molecule has 5 aliphatic rings. The van der Waals surface area contributed by atoms with Crippen LogP contribution in [0, 0.1) is 27.7 Å². The third-order valence-corrected chi connectivity index (χ3v) is 20.7. The summed E-state index contributed by atoms with van der Waals surface area (Å²) in [6.45, 7) is 12.2. The zero-order valence-electron chi connectivity index (χ0n) is 59.5. The van der Waals surface area contributed by atoms with E-state index in [0.717, 1.165) is 55.3 Å². The van der Waals surface area contributed by atoms with Crippen LogP contribution in [0.3, 0.4) is 0 Å². The molecule has 9 heterocycles. The Morgan fingerprint density at radius 3 is 1.88 bits per heavy atom. The first-order valence-corrected chi connectivity index (χ1v) is 36.8. The SMILES string of the molecule is C=CCOC(=O)[N+]1=C(OC2CCCCO2)[C@@H]2C[C@H](OCC(=O)Nc3cn(C)c(C(=O)Nc4ccc5sc(C(=O)OC)cc5c4)n3)CCN2C(=O)c2cc(C)c(C)cc21.COC(=O)c1cc2cc(NC(=O)c3cc(NC(=O)CO[C@@H]4CCN5C(=O)c6cc(C)c(C)cc6N=C[C@@H]5C4)cn3C)ccc2s1.ClCCl. The predicted octanol–water partition coefficient (Wildman–Crippen LogP) is 12.5. The molecule has 0 saturated carbocycles. The number of imidazole rings is 1. The molecule has 0 aliphatic carbocycles. The molecule has 4 aromatic carbocycles. The van der Waals surface area contributed by atoms with E-state index >= 15 is 0 Å². The van der Waals surface area contributed by atoms with Gasteiger partial charge < -0.3 is 73.4 Å². The second-order valence-electron chi connectivity index (χ2n) is 25.7. The third kappa shape index (κ3) is 17.9. The summed E-state index contributed by atoms with van der Waals surface area (Å²) in [6, 6.07) is 22.2. The number of carbonyl (C=O) groups is 9. The van der Waals surface area contributed by atoms with Gasteiger partial charge in [0.2, 0.25) is 23.7 Å². The van der Waals surface area contributed by atoms with Crippen LogP contribution in [0.2, 0.25) is 0 Å². The van der Waals surface area contributed by atoms with Crippen molar-refractivity contribution in [2.45, 2.75) is 103 Å². The number of nitrogens with one attached hydrogen (secondary N) is 4. The van der Waals surface area contributed by atoms with Gasteiger partial charge in [-0.15, -0.1) is 45.9 Å². The van der Waals surface area contributed by atoms with E-state index in [1.54, 1.807) is 90.4 Å². The highest BCUT2D eigenvalue weighted by Crippen LogP contribution is 2.37. The Morgan fingerprint density at radius 2 is 1.25 bits per heavy atom. The number of halogens is 2. The summed E-state index contributed by atoms with van der Waals surface area (Å²) in [6.07, 6.45) is 8.50. The molecule has 106 heavy (non-hydrogen) atoms. The van der Waals surface area contributed by atoms with E-state index in [1.807, 2.05) is 57.0 Å². The number of rotatable bonds is 17. The van der Waals surface area contributed by atoms with Crippen LogP contribution in [0.5, 0.6) is 0 Å². The van der Waals surface area contributed by atoms with Gasteiger partial charge in [0.05, 0.1) is 61.4 Å². The van der Waals surface area contributed by atoms with Gasteiger partial charge in [0.1, 0.15) is 40.8 Å². The molecule has 3 fully saturated rings. The van der Waals surface area contributed by atoms with Gasteiger partial charge in [-0.05, 0) is 166 Å². The topological polar surface area (TPSA) is 311 Å². The van der Waals surface area contributed by atoms with Gasteiger partial charge in [0, 0.05) is 85.5 Å². The molecule has 556 valence electrons. The number of amides is 7. The van der Waals surface area contributed by atoms with Crippen LogP contribution in [0.15, 0.2) is 109 Å². The minimum atomic E-state index is -0.753. The van der Waals surface area contributed by atoms with Crippen LogP contribution in [0.4, 0.5) is 39.0 Å². The number of hydrogen-bond acceptors (Lipinski definition) is 20. The first-order valence-electron chi connectivity index (χ1n) is 34.1. The van der Waals surface area contributed by atoms with Gasteiger partial charge >= 0.3 is 23.9 Å². The average molecular weight is 1530 g/mol. The fourth-order valence-corrected chi connectivity index (χ4v) is 14.8. The number of ether oxygens (including phenoxy) is 7. The van der Waals surface area contributed by atoms with Crippen molar-refractivity contribution in [3.63, 3.8) is 0 Å². The summed E-state index contributed by atoms with van der Waals surface area (Å²) in [5.74, 6) is -2.45. The maximum Gasteiger partial charge on any atom is 0.605 e. The number of carbonyl (C=O) groups excluding carboxylic acids is 9. The number of thiophene rings is 2. The molecule has 27 nitrogen and oxygen atoms in total. The number of anilines is 4. The summed E-state index contributed by atoms with van der Waals surface area (Å²) in [4.78, 5) is 131. The normalized spacial score (nSPS) is 18.0. The summed E-state index contributed by atoms with van der Waals surface area (Å²) in [7, 11) is 6.01. The Labute approximate surface area is 628 Å². The van der Waals surface area contributed by atoms with Crippen molar-refractivity contribution in [3.05, 3.63) is 159 Å². The molecule has 4 N–H and O–H groups in total. The van der Waals surface area contributed by atoms with Crippen LogP contribution >= 0.6 is 45.9 Å². The van der Waals surface area contributed by atoms with E-state index in [1.165, 1.54) is 58.3 Å². The van der Waals surface area contributed by atoms with Crippen LogP contribution in [-0.4, -0.2) is 184 Å². The number of piperidine rings is 2. The summed E-state index contributed by atoms with van der Waals surface area (Å²) in [5, 5.41) is 13.0. The van der Waals surface area contributed by atoms with Gasteiger partial charge in [0.25, 0.3) is 29.5 Å². The zero-order chi connectivity index (χ0) is 75.6. The summed E-state index contributed by atoms with van der Waals surface area (Å²) < 4.78 is 45.9. The maximum absolute atomic E-state index is 14.3. The number of fused-ring (bicyclic) bond motifs is 6. The number of methoxy groups -OCH3 is 2. The largest absolute Gasteiger partial charge is 0.605 e. The summed E-state index contributed by atoms with van der Waals surface area (Å²) in [5.41, 5.74) is 7.78. The Morgan fingerprint density at radius 1 is 0.670 bits per heavy atom. The minimum absolute atomic E-state index is 0.0320. The van der Waals surface area contributed by atoms with Crippen molar-refractivity contribution in [1.29, 1.82) is 0 Å². The van der Waals surface area contributed by atoms with Gasteiger partial charge in [-0.1, -0.05) is 17.2 Å². The number of hydrogen-bond donors (Lipinski definition) is 4. The van der Waals surface area contributed by atoms with Crippen molar-refractivity contribution < 1.29 is 80.9 Å². The molecule has 3 saturated heterocycles. The van der Waals surface area contributed by atoms with Crippen molar-refractivity contribution >= 4 is 166 Å². The molecule has 0 bridgehead atoms. The monoisotopic (exact) mass is 1520 g/mol. The molecule has 13 rings (SSSR count). The molecule has 0 spiro atoms. The summed E-state index contributed by atoms with van der Waals surface area (Å²) >= 11 is 12.1. The second kappa shape index (κ2) is 34.4. The molecule has 8 aromatic rings. The van der Waals surface area contributed by atoms with Crippen molar-refractivity contribution in [2.24, 2.45) is 19.1 Å². The fourth-order valence-electron chi connectivity index (χ4n) is 12.9. The molecular formula is C75H80Cl2N11O16S2+. The molecule has 0 radical (unpaired) electrons. The maximum atomic E-state index is 14.3. The first-order chi connectivity index (χ1) is 50.9. The number of alkyl halides is 2. The van der Waals surface area contributed by atoms with E-state index in [-0.39, 0.29) is 91.4 Å². The van der Waals surface area contributed by atoms with Crippen molar-refractivity contribution in [2.75, 3.05) is 80.3 Å². The second-order valence-corrected chi connectivity index (χ2v) is 28.7. The lowest BCUT2D eigenvalue weighted by Crippen LogP contribution is -2.54. The smallest absolute Gasteiger partial charge is 0.465 e. The molecule has 7 amide bonds. The zero-order valence-corrected chi connectivity index (χ0v) is 62.7. The number of aryl methyl sites for hydroxylation is 6. The van der Waals surface area contributed by atoms with Gasteiger partial charge in [-0.25, -0.2) is 14.6 Å². The van der Waals surface area contributed by atoms with E-state index in [9.17, 15) is 43.2 Å². The minimum Gasteiger partial charge on any atom is -0.465 e. The first kappa shape index (κ1) is 77.0. The molecule has 1 unspecified atom stereocenters. The van der Waals surface area contributed by atoms with E-state index in [0.29, 0.717) is 93.8 Å². The van der Waals surface area contributed by atoms with Gasteiger partial charge in [0.15, 0.2) is 11.9 Å². The molecule has 5 aliphatic heterocycles. The van der Waals surface area contributed by atoms with Gasteiger partial charge in [-0.3, -0.25) is 33.8 Å². The highest BCUT2D eigenvalue weighted by Gasteiger charge is 2.50. The average Bonchev–Trinajstić information content (AvgIpc) is 1.59. The van der Waals surface area contributed by atoms with Crippen molar-refractivity contribution in [3.8, 4) is 0 Å². The number of nitrogens with zero attached hydrogens (tertiary/aromatic N) is 7. The van der Waals surface area contributed by atoms with Crippen LogP contribution in [0.25, 0.3) is 20.2 Å². The number of aromatic nitrogens is 3. The highest BCUT2D eigenvalue weighted by molar-refractivity contribution is 7.21. The Hall–Kier alpha value is -10.1. The molecular weight excluding hydrogens is 1450 g/mol. The Bertz CT molecular complexity index is 4820. The third-order valence-electron chi connectivity index (χ3n) is 18.5. The predicted molar refractivity (Wildman–Crippen MR) is 403 cm³/mol. The standard InChI is InChI=1S/C41H44N6O10S.C33H33N5O6S.CH2Cl2/c1-6-14-55-41(52)47-29-17-24(3)23(2)16-28(29)38(50)46-13-12-27(20-30(46)39(47)57-35-9-7-8-15-54-35)56-22-34(48)43-33-21-45(4)36(44-33)37(49)42-26-10-11-31-25(18-26)19-32(58-31)40(51)53-5;1-18-9-25-26(10-19(18)2)34-15-23-14-24(7-8-38(23)32(25)41)44-17-30(39)35-22-13-27(37(3)16-22)31(40)36-21-5-6-28-20(11-21)12-29(45-28)33(42)43-4;2-1-3/h6,10-11,16-19,21,27,30,35H,1,7-9,12-15,20,22H2,2-5H3,(H-,42,43,48,49);5-6,9-13,15-16,23-24H,7-8,14,17H2,1-4H3,(H,35,39)(H,36,40);1H2/p+1/t27-,30+,35?;23-,24+;/m10./s1. The number of esters is 2. The molecule has 4 aromatic heterocycles. The van der Waals surface area contributed by atoms with E-state index in [4.69, 9.17) is 56.4 Å².